The number of nitrogens with one attached hydrogen (secondary N) is 1. The smallest absolute Gasteiger partial charge is 0.262 e. The van der Waals surface area contributed by atoms with Gasteiger partial charge in [0.05, 0.1) is 16.7 Å². The van der Waals surface area contributed by atoms with Crippen molar-refractivity contribution in [3.8, 4) is 0 Å². The average Bonchev–Trinajstić information content (AvgIpc) is 2.74. The molecule has 0 unspecified atom stereocenters. The third-order valence-corrected chi connectivity index (χ3v) is 5.72. The third-order valence-electron chi connectivity index (χ3n) is 4.75. The maximum atomic E-state index is 13.0. The van der Waals surface area contributed by atoms with E-state index in [2.05, 4.69) is 24.1 Å². The highest BCUT2D eigenvalue weighted by Gasteiger charge is 2.14. The molecular formula is C23H27N3O3S. The molecule has 1 N–H and O–H groups in total. The van der Waals surface area contributed by atoms with Crippen molar-refractivity contribution in [1.82, 2.24) is 9.55 Å². The van der Waals surface area contributed by atoms with Gasteiger partial charge in [0.1, 0.15) is 0 Å². The summed E-state index contributed by atoms with van der Waals surface area (Å²) < 4.78 is 6.76. The number of amides is 1. The molecule has 1 amide bonds. The number of ether oxygens (including phenoxy) is 1. The molecule has 0 fully saturated rings. The van der Waals surface area contributed by atoms with Crippen molar-refractivity contribution in [3.05, 3.63) is 64.4 Å². The van der Waals surface area contributed by atoms with Crippen LogP contribution >= 0.6 is 11.8 Å². The third kappa shape index (κ3) is 5.29. The molecule has 0 radical (unpaired) electrons. The van der Waals surface area contributed by atoms with Crippen LogP contribution in [0, 0.1) is 0 Å². The summed E-state index contributed by atoms with van der Waals surface area (Å²) in [7, 11) is 1.64. The molecule has 0 bridgehead atoms. The fourth-order valence-electron chi connectivity index (χ4n) is 3.25. The molecule has 158 valence electrons. The van der Waals surface area contributed by atoms with Crippen molar-refractivity contribution in [3.63, 3.8) is 0 Å². The summed E-state index contributed by atoms with van der Waals surface area (Å²) in [5, 5.41) is 4.11. The average molecular weight is 426 g/mol. The first-order chi connectivity index (χ1) is 14.5. The molecule has 1 heterocycles. The van der Waals surface area contributed by atoms with Gasteiger partial charge in [-0.2, -0.15) is 0 Å². The van der Waals surface area contributed by atoms with Gasteiger partial charge in [0, 0.05) is 25.9 Å². The van der Waals surface area contributed by atoms with Crippen LogP contribution in [0.1, 0.15) is 31.7 Å². The molecule has 30 heavy (non-hydrogen) atoms. The zero-order valence-electron chi connectivity index (χ0n) is 17.6. The van der Waals surface area contributed by atoms with Crippen LogP contribution in [0.5, 0.6) is 0 Å². The van der Waals surface area contributed by atoms with Gasteiger partial charge < -0.3 is 10.1 Å². The number of carbonyl (C=O) groups excluding carboxylic acids is 1. The van der Waals surface area contributed by atoms with Gasteiger partial charge in [0.25, 0.3) is 5.56 Å². The normalized spacial score (nSPS) is 11.2. The maximum Gasteiger partial charge on any atom is 0.262 e. The number of fused-ring (bicyclic) bond motifs is 1. The van der Waals surface area contributed by atoms with Crippen LogP contribution in [0.3, 0.4) is 0 Å². The minimum absolute atomic E-state index is 0.0928. The highest BCUT2D eigenvalue weighted by Crippen LogP contribution is 2.24. The molecule has 0 saturated carbocycles. The van der Waals surface area contributed by atoms with Crippen molar-refractivity contribution < 1.29 is 9.53 Å². The van der Waals surface area contributed by atoms with Gasteiger partial charge in [-0.25, -0.2) is 4.98 Å². The van der Waals surface area contributed by atoms with E-state index in [-0.39, 0.29) is 17.2 Å². The number of benzene rings is 2. The first-order valence-corrected chi connectivity index (χ1v) is 11.0. The molecule has 7 heteroatoms. The molecule has 2 aromatic carbocycles. The van der Waals surface area contributed by atoms with E-state index >= 15 is 0 Å². The molecule has 0 aliphatic carbocycles. The summed E-state index contributed by atoms with van der Waals surface area (Å²) in [6.07, 6.45) is 0.692. The largest absolute Gasteiger partial charge is 0.385 e. The van der Waals surface area contributed by atoms with Crippen molar-refractivity contribution in [2.75, 3.05) is 24.8 Å². The molecular weight excluding hydrogens is 398 g/mol. The summed E-state index contributed by atoms with van der Waals surface area (Å²) in [6, 6.07) is 15.1. The van der Waals surface area contributed by atoms with Crippen LogP contribution in [0.4, 0.5) is 5.69 Å². The topological polar surface area (TPSA) is 73.2 Å². The second-order valence-electron chi connectivity index (χ2n) is 7.29. The lowest BCUT2D eigenvalue weighted by atomic mass is 10.0. The highest BCUT2D eigenvalue weighted by atomic mass is 32.2. The fourth-order valence-corrected chi connectivity index (χ4v) is 4.08. The number of hydrogen-bond donors (Lipinski definition) is 1. The second kappa shape index (κ2) is 10.4. The minimum Gasteiger partial charge on any atom is -0.385 e. The number of methoxy groups -OCH3 is 1. The van der Waals surface area contributed by atoms with E-state index in [0.29, 0.717) is 41.5 Å². The minimum atomic E-state index is -0.126. The number of para-hydroxylation sites is 2. The van der Waals surface area contributed by atoms with Gasteiger partial charge >= 0.3 is 0 Å². The van der Waals surface area contributed by atoms with Crippen LogP contribution in [-0.2, 0) is 16.1 Å². The Kier molecular flexibility index (Phi) is 7.65. The van der Waals surface area contributed by atoms with Crippen LogP contribution in [0.25, 0.3) is 10.9 Å². The van der Waals surface area contributed by atoms with Crippen molar-refractivity contribution in [2.24, 2.45) is 0 Å². The van der Waals surface area contributed by atoms with Gasteiger partial charge in [-0.1, -0.05) is 55.9 Å². The molecule has 0 saturated heterocycles. The second-order valence-corrected chi connectivity index (χ2v) is 8.24. The summed E-state index contributed by atoms with van der Waals surface area (Å²) in [5.74, 6) is 0.350. The highest BCUT2D eigenvalue weighted by molar-refractivity contribution is 7.99. The Morgan fingerprint density at radius 1 is 1.17 bits per heavy atom. The quantitative estimate of drug-likeness (QED) is 0.315. The SMILES string of the molecule is COCCCn1c(SCC(=O)Nc2ccccc2C(C)C)nc2ccccc2c1=O. The number of rotatable bonds is 9. The van der Waals surface area contributed by atoms with E-state index in [4.69, 9.17) is 4.74 Å². The van der Waals surface area contributed by atoms with Gasteiger partial charge in [-0.05, 0) is 36.1 Å². The van der Waals surface area contributed by atoms with E-state index in [1.54, 1.807) is 17.7 Å². The molecule has 0 aliphatic rings. The summed E-state index contributed by atoms with van der Waals surface area (Å²) >= 11 is 1.27. The van der Waals surface area contributed by atoms with Crippen LogP contribution in [0.15, 0.2) is 58.5 Å². The molecule has 0 spiro atoms. The zero-order chi connectivity index (χ0) is 21.5. The van der Waals surface area contributed by atoms with E-state index < -0.39 is 0 Å². The van der Waals surface area contributed by atoms with Crippen molar-refractivity contribution in [2.45, 2.75) is 37.9 Å². The number of carbonyl (C=O) groups is 1. The number of aromatic nitrogens is 2. The molecule has 3 rings (SSSR count). The van der Waals surface area contributed by atoms with Crippen LogP contribution in [0.2, 0.25) is 0 Å². The van der Waals surface area contributed by atoms with Crippen molar-refractivity contribution in [1.29, 1.82) is 0 Å². The lowest BCUT2D eigenvalue weighted by Crippen LogP contribution is -2.25. The Morgan fingerprint density at radius 2 is 1.90 bits per heavy atom. The monoisotopic (exact) mass is 425 g/mol. The predicted molar refractivity (Wildman–Crippen MR) is 122 cm³/mol. The standard InChI is InChI=1S/C23H27N3O3S/c1-16(2)17-9-4-6-11-19(17)24-21(27)15-30-23-25-20-12-7-5-10-18(20)22(28)26(23)13-8-14-29-3/h4-7,9-12,16H,8,13-15H2,1-3H3,(H,24,27). The Morgan fingerprint density at radius 3 is 2.67 bits per heavy atom. The first-order valence-electron chi connectivity index (χ1n) is 10.0. The summed E-state index contributed by atoms with van der Waals surface area (Å²) in [4.78, 5) is 30.2. The molecule has 0 atom stereocenters. The van der Waals surface area contributed by atoms with Gasteiger partial charge in [-0.3, -0.25) is 14.2 Å². The van der Waals surface area contributed by atoms with E-state index in [1.807, 2.05) is 42.5 Å². The van der Waals surface area contributed by atoms with Gasteiger partial charge in [0.15, 0.2) is 5.16 Å². The number of hydrogen-bond acceptors (Lipinski definition) is 5. The lowest BCUT2D eigenvalue weighted by Gasteiger charge is -2.15. The molecule has 1 aromatic heterocycles. The van der Waals surface area contributed by atoms with Gasteiger partial charge in [-0.15, -0.1) is 0 Å². The molecule has 6 nitrogen and oxygen atoms in total. The predicted octanol–water partition coefficient (Wildman–Crippen LogP) is 4.29. The van der Waals surface area contributed by atoms with E-state index in [1.165, 1.54) is 11.8 Å². The number of anilines is 1. The summed E-state index contributed by atoms with van der Waals surface area (Å²) in [5.41, 5.74) is 2.46. The summed E-state index contributed by atoms with van der Waals surface area (Å²) in [6.45, 7) is 5.23. The Hall–Kier alpha value is -2.64. The van der Waals surface area contributed by atoms with Gasteiger partial charge in [0.2, 0.25) is 5.91 Å². The number of thioether (sulfide) groups is 1. The number of nitrogens with zero attached hydrogens (tertiary/aromatic N) is 2. The Balaban J connectivity index is 1.80. The Bertz CT molecular complexity index is 1080. The van der Waals surface area contributed by atoms with Crippen LogP contribution in [-0.4, -0.2) is 34.9 Å². The first kappa shape index (κ1) is 22.1. The lowest BCUT2D eigenvalue weighted by molar-refractivity contribution is -0.113. The molecule has 0 aliphatic heterocycles. The van der Waals surface area contributed by atoms with E-state index in [0.717, 1.165) is 11.3 Å². The fraction of sp³-hybridized carbons (Fsp3) is 0.348. The van der Waals surface area contributed by atoms with Crippen molar-refractivity contribution >= 4 is 34.3 Å². The van der Waals surface area contributed by atoms with Crippen LogP contribution < -0.4 is 10.9 Å². The Labute approximate surface area is 180 Å². The van der Waals surface area contributed by atoms with E-state index in [9.17, 15) is 9.59 Å². The maximum absolute atomic E-state index is 13.0. The molecule has 3 aromatic rings. The zero-order valence-corrected chi connectivity index (χ0v) is 18.4.